The van der Waals surface area contributed by atoms with E-state index in [1.165, 1.54) is 0 Å². The lowest BCUT2D eigenvalue weighted by Crippen LogP contribution is -2.20. The van der Waals surface area contributed by atoms with Crippen LogP contribution in [0.15, 0.2) is 36.5 Å². The summed E-state index contributed by atoms with van der Waals surface area (Å²) in [4.78, 5) is 21.1. The lowest BCUT2D eigenvalue weighted by molar-refractivity contribution is 0.0951. The van der Waals surface area contributed by atoms with Gasteiger partial charge in [-0.15, -0.1) is 5.10 Å². The van der Waals surface area contributed by atoms with E-state index in [1.54, 1.807) is 10.7 Å². The predicted molar refractivity (Wildman–Crippen MR) is 78.0 cm³/mol. The molecule has 2 aromatic heterocycles. The summed E-state index contributed by atoms with van der Waals surface area (Å²) in [5, 5.41) is 4.44. The van der Waals surface area contributed by atoms with E-state index >= 15 is 0 Å². The summed E-state index contributed by atoms with van der Waals surface area (Å²) < 4.78 is 1.61. The van der Waals surface area contributed by atoms with Crippen molar-refractivity contribution in [3.8, 4) is 11.4 Å². The number of nitrogens with zero attached hydrogens (tertiary/aromatic N) is 4. The Morgan fingerprint density at radius 3 is 2.76 bits per heavy atom. The largest absolute Gasteiger partial charge is 0.294 e. The number of hydrogen-bond acceptors (Lipinski definition) is 4. The molecule has 0 saturated carbocycles. The molecule has 5 nitrogen and oxygen atoms in total. The van der Waals surface area contributed by atoms with E-state index in [-0.39, 0.29) is 5.78 Å². The van der Waals surface area contributed by atoms with Crippen LogP contribution in [0, 0.1) is 5.92 Å². The summed E-state index contributed by atoms with van der Waals surface area (Å²) in [6.07, 6.45) is 3.18. The SMILES string of the molecule is C[C@H]1CC(=O)c2cn3nc(-c4ccccc4)nc3nc2C1. The molecular formula is C16H14N4O. The molecule has 0 aliphatic heterocycles. The lowest BCUT2D eigenvalue weighted by Gasteiger charge is -2.18. The fraction of sp³-hybridized carbons (Fsp3) is 0.250. The number of Topliss-reactive ketones (excluding diaryl/α,β-unsaturated/α-hetero) is 1. The van der Waals surface area contributed by atoms with Crippen LogP contribution in [0.4, 0.5) is 0 Å². The smallest absolute Gasteiger partial charge is 0.252 e. The van der Waals surface area contributed by atoms with Gasteiger partial charge >= 0.3 is 0 Å². The van der Waals surface area contributed by atoms with Gasteiger partial charge in [-0.1, -0.05) is 37.3 Å². The molecule has 1 aliphatic rings. The molecule has 0 spiro atoms. The number of benzene rings is 1. The molecular weight excluding hydrogens is 264 g/mol. The van der Waals surface area contributed by atoms with Crippen molar-refractivity contribution in [3.05, 3.63) is 47.8 Å². The van der Waals surface area contributed by atoms with Crippen LogP contribution in [0.2, 0.25) is 0 Å². The van der Waals surface area contributed by atoms with E-state index < -0.39 is 0 Å². The second-order valence-corrected chi connectivity index (χ2v) is 5.58. The van der Waals surface area contributed by atoms with E-state index in [0.717, 1.165) is 17.7 Å². The average molecular weight is 278 g/mol. The molecule has 0 bridgehead atoms. The van der Waals surface area contributed by atoms with Crippen LogP contribution in [0.5, 0.6) is 0 Å². The number of ketones is 1. The lowest BCUT2D eigenvalue weighted by atomic mass is 9.88. The van der Waals surface area contributed by atoms with Gasteiger partial charge in [0.25, 0.3) is 5.78 Å². The maximum absolute atomic E-state index is 12.1. The number of hydrogen-bond donors (Lipinski definition) is 0. The molecule has 3 aromatic rings. The fourth-order valence-electron chi connectivity index (χ4n) is 2.78. The molecule has 104 valence electrons. The summed E-state index contributed by atoms with van der Waals surface area (Å²) in [5.41, 5.74) is 2.48. The van der Waals surface area contributed by atoms with Gasteiger partial charge in [0.05, 0.1) is 11.3 Å². The number of aromatic nitrogens is 4. The maximum Gasteiger partial charge on any atom is 0.252 e. The Kier molecular flexibility index (Phi) is 2.60. The molecule has 0 amide bonds. The van der Waals surface area contributed by atoms with E-state index in [4.69, 9.17) is 0 Å². The first-order chi connectivity index (χ1) is 10.2. The Hall–Kier alpha value is -2.56. The van der Waals surface area contributed by atoms with E-state index in [1.807, 2.05) is 30.3 Å². The molecule has 0 unspecified atom stereocenters. The molecule has 0 saturated heterocycles. The van der Waals surface area contributed by atoms with Gasteiger partial charge < -0.3 is 0 Å². The Morgan fingerprint density at radius 2 is 1.95 bits per heavy atom. The normalized spacial score (nSPS) is 18.0. The Balaban J connectivity index is 1.88. The van der Waals surface area contributed by atoms with Crippen molar-refractivity contribution >= 4 is 11.6 Å². The number of carbonyl (C=O) groups is 1. The van der Waals surface area contributed by atoms with Gasteiger partial charge in [0.2, 0.25) is 0 Å². The van der Waals surface area contributed by atoms with Gasteiger partial charge in [-0.25, -0.2) is 9.50 Å². The summed E-state index contributed by atoms with van der Waals surface area (Å²) in [5.74, 6) is 1.67. The van der Waals surface area contributed by atoms with Crippen LogP contribution >= 0.6 is 0 Å². The molecule has 2 heterocycles. The average Bonchev–Trinajstić information content (AvgIpc) is 2.89. The highest BCUT2D eigenvalue weighted by atomic mass is 16.1. The summed E-state index contributed by atoms with van der Waals surface area (Å²) in [6.45, 7) is 2.08. The van der Waals surface area contributed by atoms with Crippen molar-refractivity contribution in [1.29, 1.82) is 0 Å². The third-order valence-electron chi connectivity index (χ3n) is 3.82. The summed E-state index contributed by atoms with van der Waals surface area (Å²) in [6, 6.07) is 9.77. The minimum Gasteiger partial charge on any atom is -0.294 e. The quantitative estimate of drug-likeness (QED) is 0.686. The van der Waals surface area contributed by atoms with E-state index in [0.29, 0.717) is 29.5 Å². The standard InChI is InChI=1S/C16H14N4O/c1-10-7-13-12(14(21)8-10)9-20-16(17-13)18-15(19-20)11-5-3-2-4-6-11/h2-6,9-10H,7-8H2,1H3/t10-/m1/s1. The fourth-order valence-corrected chi connectivity index (χ4v) is 2.78. The molecule has 4 rings (SSSR count). The van der Waals surface area contributed by atoms with Crippen LogP contribution in [0.1, 0.15) is 29.4 Å². The summed E-state index contributed by atoms with van der Waals surface area (Å²) >= 11 is 0. The highest BCUT2D eigenvalue weighted by molar-refractivity contribution is 5.98. The van der Waals surface area contributed by atoms with Crippen LogP contribution in [0.25, 0.3) is 17.2 Å². The van der Waals surface area contributed by atoms with Crippen molar-refractivity contribution in [2.45, 2.75) is 19.8 Å². The number of rotatable bonds is 1. The Labute approximate surface area is 121 Å². The van der Waals surface area contributed by atoms with Crippen LogP contribution in [-0.4, -0.2) is 25.4 Å². The molecule has 5 heteroatoms. The summed E-state index contributed by atoms with van der Waals surface area (Å²) in [7, 11) is 0. The van der Waals surface area contributed by atoms with Gasteiger partial charge in [-0.3, -0.25) is 4.79 Å². The first-order valence-corrected chi connectivity index (χ1v) is 7.05. The minimum absolute atomic E-state index is 0.148. The Morgan fingerprint density at radius 1 is 1.14 bits per heavy atom. The second-order valence-electron chi connectivity index (χ2n) is 5.58. The van der Waals surface area contributed by atoms with Crippen LogP contribution in [-0.2, 0) is 6.42 Å². The van der Waals surface area contributed by atoms with Crippen LogP contribution in [0.3, 0.4) is 0 Å². The zero-order valence-corrected chi connectivity index (χ0v) is 11.7. The van der Waals surface area contributed by atoms with Gasteiger partial charge in [0, 0.05) is 18.2 Å². The third-order valence-corrected chi connectivity index (χ3v) is 3.82. The van der Waals surface area contributed by atoms with Gasteiger partial charge in [0.15, 0.2) is 11.6 Å². The molecule has 21 heavy (non-hydrogen) atoms. The van der Waals surface area contributed by atoms with E-state index in [9.17, 15) is 4.79 Å². The Bertz CT molecular complexity index is 838. The van der Waals surface area contributed by atoms with Crippen molar-refractivity contribution < 1.29 is 4.79 Å². The minimum atomic E-state index is 0.148. The van der Waals surface area contributed by atoms with Crippen molar-refractivity contribution in [1.82, 2.24) is 19.6 Å². The monoisotopic (exact) mass is 278 g/mol. The van der Waals surface area contributed by atoms with Crippen LogP contribution < -0.4 is 0 Å². The predicted octanol–water partition coefficient (Wildman–Crippen LogP) is 2.56. The van der Waals surface area contributed by atoms with Crippen molar-refractivity contribution in [2.75, 3.05) is 0 Å². The molecule has 0 N–H and O–H groups in total. The number of fused-ring (bicyclic) bond motifs is 2. The van der Waals surface area contributed by atoms with Crippen molar-refractivity contribution in [3.63, 3.8) is 0 Å². The molecule has 1 atom stereocenters. The first kappa shape index (κ1) is 12.2. The highest BCUT2D eigenvalue weighted by Gasteiger charge is 2.25. The first-order valence-electron chi connectivity index (χ1n) is 7.05. The maximum atomic E-state index is 12.1. The third kappa shape index (κ3) is 2.01. The zero-order chi connectivity index (χ0) is 14.4. The van der Waals surface area contributed by atoms with Crippen molar-refractivity contribution in [2.24, 2.45) is 5.92 Å². The second kappa shape index (κ2) is 4.48. The molecule has 0 fully saturated rings. The molecule has 0 radical (unpaired) electrons. The van der Waals surface area contributed by atoms with Gasteiger partial charge in [-0.2, -0.15) is 4.98 Å². The zero-order valence-electron chi connectivity index (χ0n) is 11.7. The van der Waals surface area contributed by atoms with E-state index in [2.05, 4.69) is 22.0 Å². The number of carbonyl (C=O) groups excluding carboxylic acids is 1. The topological polar surface area (TPSA) is 60.2 Å². The highest BCUT2D eigenvalue weighted by Crippen LogP contribution is 2.24. The molecule has 1 aromatic carbocycles. The molecule has 1 aliphatic carbocycles. The van der Waals surface area contributed by atoms with Gasteiger partial charge in [-0.05, 0) is 12.3 Å². The van der Waals surface area contributed by atoms with Gasteiger partial charge in [0.1, 0.15) is 0 Å².